The van der Waals surface area contributed by atoms with Crippen molar-refractivity contribution in [2.75, 3.05) is 7.11 Å². The van der Waals surface area contributed by atoms with Crippen LogP contribution in [0, 0.1) is 5.92 Å². The van der Waals surface area contributed by atoms with Crippen molar-refractivity contribution in [1.82, 2.24) is 0 Å². The van der Waals surface area contributed by atoms with E-state index >= 15 is 0 Å². The Morgan fingerprint density at radius 2 is 2.00 bits per heavy atom. The molecule has 0 amide bonds. The summed E-state index contributed by atoms with van der Waals surface area (Å²) in [7, 11) is 1.80. The molecular weight excluding hydrogens is 136 g/mol. The Kier molecular flexibility index (Phi) is 3.92. The molecule has 1 aliphatic rings. The summed E-state index contributed by atoms with van der Waals surface area (Å²) in [6.07, 6.45) is 8.97. The van der Waals surface area contributed by atoms with Gasteiger partial charge in [0.05, 0.1) is 6.10 Å². The van der Waals surface area contributed by atoms with Gasteiger partial charge < -0.3 is 4.74 Å². The monoisotopic (exact) mass is 156 g/mol. The molecule has 1 aliphatic carbocycles. The molecule has 0 aliphatic heterocycles. The first kappa shape index (κ1) is 9.05. The summed E-state index contributed by atoms with van der Waals surface area (Å²) in [5, 5.41) is 0. The molecule has 0 saturated heterocycles. The molecule has 1 atom stereocenters. The fourth-order valence-electron chi connectivity index (χ4n) is 1.89. The summed E-state index contributed by atoms with van der Waals surface area (Å²) < 4.78 is 5.21. The molecule has 0 radical (unpaired) electrons. The zero-order chi connectivity index (χ0) is 8.10. The largest absolute Gasteiger partial charge is 0.382 e. The van der Waals surface area contributed by atoms with Gasteiger partial charge in [-0.25, -0.2) is 0 Å². The third-order valence-electron chi connectivity index (χ3n) is 2.86. The predicted octanol–water partition coefficient (Wildman–Crippen LogP) is 2.99. The molecule has 1 saturated carbocycles. The fraction of sp³-hybridized carbons (Fsp3) is 1.00. The minimum atomic E-state index is 0.468. The summed E-state index contributed by atoms with van der Waals surface area (Å²) in [4.78, 5) is 0. The van der Waals surface area contributed by atoms with Gasteiger partial charge in [-0.05, 0) is 25.7 Å². The number of hydrogen-bond acceptors (Lipinski definition) is 1. The van der Waals surface area contributed by atoms with Crippen molar-refractivity contribution in [2.45, 2.75) is 51.6 Å². The Hall–Kier alpha value is -0.0400. The Balaban J connectivity index is 2.01. The lowest BCUT2D eigenvalue weighted by Crippen LogP contribution is -2.06. The van der Waals surface area contributed by atoms with Crippen LogP contribution in [0.15, 0.2) is 0 Å². The molecule has 0 N–H and O–H groups in total. The van der Waals surface area contributed by atoms with Crippen molar-refractivity contribution in [3.63, 3.8) is 0 Å². The van der Waals surface area contributed by atoms with E-state index in [9.17, 15) is 0 Å². The maximum absolute atomic E-state index is 5.21. The minimum Gasteiger partial charge on any atom is -0.382 e. The Morgan fingerprint density at radius 3 is 2.55 bits per heavy atom. The third-order valence-corrected chi connectivity index (χ3v) is 2.86. The zero-order valence-corrected chi connectivity index (χ0v) is 7.81. The topological polar surface area (TPSA) is 9.23 Å². The second kappa shape index (κ2) is 4.76. The standard InChI is InChI=1S/C10H20O/c1-9(11-2)7-8-10-5-3-4-6-10/h9-10H,3-8H2,1-2H3. The maximum Gasteiger partial charge on any atom is 0.0543 e. The lowest BCUT2D eigenvalue weighted by Gasteiger charge is -2.12. The highest BCUT2D eigenvalue weighted by molar-refractivity contribution is 4.68. The highest BCUT2D eigenvalue weighted by atomic mass is 16.5. The van der Waals surface area contributed by atoms with Gasteiger partial charge in [-0.2, -0.15) is 0 Å². The van der Waals surface area contributed by atoms with Crippen LogP contribution in [-0.4, -0.2) is 13.2 Å². The van der Waals surface area contributed by atoms with Crippen molar-refractivity contribution in [1.29, 1.82) is 0 Å². The second-order valence-corrected chi connectivity index (χ2v) is 3.77. The Labute approximate surface area is 70.1 Å². The quantitative estimate of drug-likeness (QED) is 0.608. The smallest absolute Gasteiger partial charge is 0.0543 e. The van der Waals surface area contributed by atoms with E-state index in [4.69, 9.17) is 4.74 Å². The lowest BCUT2D eigenvalue weighted by atomic mass is 10.0. The second-order valence-electron chi connectivity index (χ2n) is 3.77. The van der Waals surface area contributed by atoms with Crippen LogP contribution >= 0.6 is 0 Å². The fourth-order valence-corrected chi connectivity index (χ4v) is 1.89. The first-order valence-corrected chi connectivity index (χ1v) is 4.85. The van der Waals surface area contributed by atoms with E-state index in [0.717, 1.165) is 5.92 Å². The summed E-state index contributed by atoms with van der Waals surface area (Å²) in [5.74, 6) is 1.02. The number of ether oxygens (including phenoxy) is 1. The van der Waals surface area contributed by atoms with Crippen molar-refractivity contribution in [3.05, 3.63) is 0 Å². The van der Waals surface area contributed by atoms with Gasteiger partial charge in [0.2, 0.25) is 0 Å². The lowest BCUT2D eigenvalue weighted by molar-refractivity contribution is 0.104. The molecule has 1 nitrogen and oxygen atoms in total. The highest BCUT2D eigenvalue weighted by Crippen LogP contribution is 2.29. The SMILES string of the molecule is COC(C)CCC1CCCC1. The van der Waals surface area contributed by atoms with Gasteiger partial charge >= 0.3 is 0 Å². The van der Waals surface area contributed by atoms with Crippen molar-refractivity contribution < 1.29 is 4.74 Å². The van der Waals surface area contributed by atoms with E-state index in [1.807, 2.05) is 0 Å². The van der Waals surface area contributed by atoms with E-state index < -0.39 is 0 Å². The van der Waals surface area contributed by atoms with Gasteiger partial charge in [0, 0.05) is 7.11 Å². The average molecular weight is 156 g/mol. The van der Waals surface area contributed by atoms with Gasteiger partial charge in [-0.3, -0.25) is 0 Å². The van der Waals surface area contributed by atoms with Crippen LogP contribution in [0.2, 0.25) is 0 Å². The number of rotatable bonds is 4. The predicted molar refractivity (Wildman–Crippen MR) is 47.7 cm³/mol. The summed E-state index contributed by atoms with van der Waals surface area (Å²) in [6, 6.07) is 0. The van der Waals surface area contributed by atoms with E-state index in [-0.39, 0.29) is 0 Å². The van der Waals surface area contributed by atoms with Gasteiger partial charge in [0.25, 0.3) is 0 Å². The van der Waals surface area contributed by atoms with Gasteiger partial charge in [0.1, 0.15) is 0 Å². The number of hydrogen-bond donors (Lipinski definition) is 0. The van der Waals surface area contributed by atoms with Crippen LogP contribution < -0.4 is 0 Å². The molecular formula is C10H20O. The van der Waals surface area contributed by atoms with Crippen molar-refractivity contribution in [3.8, 4) is 0 Å². The zero-order valence-electron chi connectivity index (χ0n) is 7.81. The highest BCUT2D eigenvalue weighted by Gasteiger charge is 2.15. The minimum absolute atomic E-state index is 0.468. The summed E-state index contributed by atoms with van der Waals surface area (Å²) >= 11 is 0. The molecule has 1 unspecified atom stereocenters. The Bertz CT molecular complexity index is 95.0. The van der Waals surface area contributed by atoms with Crippen molar-refractivity contribution in [2.24, 2.45) is 5.92 Å². The summed E-state index contributed by atoms with van der Waals surface area (Å²) in [6.45, 7) is 2.16. The Morgan fingerprint density at radius 1 is 1.36 bits per heavy atom. The first-order chi connectivity index (χ1) is 5.33. The number of methoxy groups -OCH3 is 1. The van der Waals surface area contributed by atoms with Crippen LogP contribution in [-0.2, 0) is 4.74 Å². The van der Waals surface area contributed by atoms with Crippen molar-refractivity contribution >= 4 is 0 Å². The van der Waals surface area contributed by atoms with Crippen LogP contribution in [0.1, 0.15) is 45.4 Å². The first-order valence-electron chi connectivity index (χ1n) is 4.85. The van der Waals surface area contributed by atoms with E-state index in [1.54, 1.807) is 7.11 Å². The van der Waals surface area contributed by atoms with Crippen LogP contribution in [0.5, 0.6) is 0 Å². The van der Waals surface area contributed by atoms with Crippen LogP contribution in [0.4, 0.5) is 0 Å². The van der Waals surface area contributed by atoms with E-state index in [0.29, 0.717) is 6.10 Å². The van der Waals surface area contributed by atoms with E-state index in [2.05, 4.69) is 6.92 Å². The molecule has 1 heteroatoms. The van der Waals surface area contributed by atoms with Gasteiger partial charge in [-0.1, -0.05) is 25.7 Å². The molecule has 0 bridgehead atoms. The summed E-state index contributed by atoms with van der Waals surface area (Å²) in [5.41, 5.74) is 0. The average Bonchev–Trinajstić information content (AvgIpc) is 2.52. The maximum atomic E-state index is 5.21. The van der Waals surface area contributed by atoms with Gasteiger partial charge in [-0.15, -0.1) is 0 Å². The molecule has 1 fully saturated rings. The molecule has 0 aromatic rings. The molecule has 0 aromatic heterocycles. The van der Waals surface area contributed by atoms with E-state index in [1.165, 1.54) is 38.5 Å². The van der Waals surface area contributed by atoms with Crippen LogP contribution in [0.3, 0.4) is 0 Å². The van der Waals surface area contributed by atoms with Gasteiger partial charge in [0.15, 0.2) is 0 Å². The molecule has 0 heterocycles. The molecule has 66 valence electrons. The normalized spacial score (nSPS) is 22.4. The molecule has 0 aromatic carbocycles. The third kappa shape index (κ3) is 3.24. The molecule has 11 heavy (non-hydrogen) atoms. The van der Waals surface area contributed by atoms with Crippen LogP contribution in [0.25, 0.3) is 0 Å². The molecule has 0 spiro atoms. The molecule has 1 rings (SSSR count).